The molecule has 0 radical (unpaired) electrons. The Morgan fingerprint density at radius 3 is 2.38 bits per heavy atom. The largest absolute Gasteiger partial charge is 1.00 e. The van der Waals surface area contributed by atoms with Crippen LogP contribution in [0, 0.1) is 16.7 Å². The maximum atomic E-state index is 11.9. The van der Waals surface area contributed by atoms with Crippen LogP contribution in [0.3, 0.4) is 0 Å². The SMILES string of the molecule is CC1(C)C2CCC1(CS(=O)(=O)O)C(=O)C2.[H-].[K+]. The topological polar surface area (TPSA) is 71.4 Å². The summed E-state index contributed by atoms with van der Waals surface area (Å²) in [5.41, 5.74) is -1.12. The number of rotatable bonds is 2. The first-order valence-corrected chi connectivity index (χ1v) is 6.78. The van der Waals surface area contributed by atoms with E-state index in [1.165, 1.54) is 0 Å². The van der Waals surface area contributed by atoms with Gasteiger partial charge >= 0.3 is 51.4 Å². The molecule has 2 fully saturated rings. The molecular weight excluding hydrogens is 255 g/mol. The van der Waals surface area contributed by atoms with Gasteiger partial charge in [-0.15, -0.1) is 0 Å². The van der Waals surface area contributed by atoms with Gasteiger partial charge in [-0.05, 0) is 24.2 Å². The van der Waals surface area contributed by atoms with Crippen LogP contribution in [-0.4, -0.2) is 24.5 Å². The molecule has 2 aliphatic carbocycles. The normalized spacial score (nSPS) is 36.2. The fourth-order valence-corrected chi connectivity index (χ4v) is 4.72. The van der Waals surface area contributed by atoms with Crippen LogP contribution in [0.5, 0.6) is 0 Å². The van der Waals surface area contributed by atoms with Crippen LogP contribution in [-0.2, 0) is 14.9 Å². The van der Waals surface area contributed by atoms with E-state index in [9.17, 15) is 13.2 Å². The van der Waals surface area contributed by atoms with Crippen LogP contribution in [0.1, 0.15) is 34.5 Å². The standard InChI is InChI=1S/C10H16O4S.K.H/c1-9(2)7-3-4-10(9,8(11)5-7)6-15(12,13)14;;/h7H,3-6H2,1-2H3,(H,12,13,14);;/q;+1;-1. The number of ketones is 1. The summed E-state index contributed by atoms with van der Waals surface area (Å²) in [5.74, 6) is -0.101. The molecule has 1 N–H and O–H groups in total. The van der Waals surface area contributed by atoms with E-state index in [1.54, 1.807) is 0 Å². The van der Waals surface area contributed by atoms with Gasteiger partial charge in [0.2, 0.25) is 0 Å². The number of Topliss-reactive ketones (excluding diaryl/α,β-unsaturated/α-hetero) is 1. The molecule has 2 rings (SSSR count). The molecule has 2 bridgehead atoms. The molecular formula is C10H17KO4S. The van der Waals surface area contributed by atoms with E-state index in [2.05, 4.69) is 0 Å². The third-order valence-corrected chi connectivity index (χ3v) is 5.43. The van der Waals surface area contributed by atoms with Gasteiger partial charge in [0.25, 0.3) is 10.1 Å². The molecule has 2 atom stereocenters. The Morgan fingerprint density at radius 1 is 1.50 bits per heavy atom. The molecule has 2 unspecified atom stereocenters. The van der Waals surface area contributed by atoms with Gasteiger partial charge in [-0.1, -0.05) is 13.8 Å². The number of hydrogen-bond donors (Lipinski definition) is 1. The monoisotopic (exact) mass is 272 g/mol. The molecule has 0 aromatic carbocycles. The van der Waals surface area contributed by atoms with Crippen molar-refractivity contribution in [2.75, 3.05) is 5.75 Å². The van der Waals surface area contributed by atoms with Crippen LogP contribution in [0.4, 0.5) is 0 Å². The van der Waals surface area contributed by atoms with Crippen molar-refractivity contribution in [1.29, 1.82) is 0 Å². The van der Waals surface area contributed by atoms with Crippen molar-refractivity contribution in [3.63, 3.8) is 0 Å². The summed E-state index contributed by atoms with van der Waals surface area (Å²) in [5, 5.41) is 0. The first-order chi connectivity index (χ1) is 6.69. The van der Waals surface area contributed by atoms with Crippen molar-refractivity contribution in [1.82, 2.24) is 0 Å². The van der Waals surface area contributed by atoms with Crippen LogP contribution in [0.25, 0.3) is 0 Å². The molecule has 0 saturated heterocycles. The third kappa shape index (κ3) is 2.11. The maximum Gasteiger partial charge on any atom is 1.00 e. The minimum Gasteiger partial charge on any atom is -1.00 e. The van der Waals surface area contributed by atoms with Crippen molar-refractivity contribution < 1.29 is 70.6 Å². The molecule has 16 heavy (non-hydrogen) atoms. The van der Waals surface area contributed by atoms with E-state index in [0.717, 1.165) is 6.42 Å². The zero-order chi connectivity index (χ0) is 11.5. The predicted octanol–water partition coefficient (Wildman–Crippen LogP) is -1.61. The van der Waals surface area contributed by atoms with Crippen molar-refractivity contribution >= 4 is 15.9 Å². The molecule has 0 amide bonds. The van der Waals surface area contributed by atoms with Crippen molar-refractivity contribution in [2.45, 2.75) is 33.1 Å². The summed E-state index contributed by atoms with van der Waals surface area (Å²) in [4.78, 5) is 11.9. The molecule has 0 aromatic rings. The summed E-state index contributed by atoms with van der Waals surface area (Å²) in [6.45, 7) is 3.89. The fraction of sp³-hybridized carbons (Fsp3) is 0.900. The summed E-state index contributed by atoms with van der Waals surface area (Å²) in [6.07, 6.45) is 1.97. The zero-order valence-corrected chi connectivity index (χ0v) is 13.9. The summed E-state index contributed by atoms with van der Waals surface area (Å²) in [7, 11) is -4.08. The average molecular weight is 272 g/mol. The van der Waals surface area contributed by atoms with Gasteiger partial charge in [0.1, 0.15) is 5.78 Å². The Labute approximate surface area is 140 Å². The third-order valence-electron chi connectivity index (χ3n) is 4.57. The smallest absolute Gasteiger partial charge is 1.00 e. The van der Waals surface area contributed by atoms with Gasteiger partial charge in [0.15, 0.2) is 0 Å². The Hall–Kier alpha value is 1.22. The maximum absolute atomic E-state index is 11.9. The Bertz CT molecular complexity index is 420. The van der Waals surface area contributed by atoms with Gasteiger partial charge in [0.05, 0.1) is 11.2 Å². The Balaban J connectivity index is 0.00000128. The van der Waals surface area contributed by atoms with Crippen molar-refractivity contribution in [2.24, 2.45) is 16.7 Å². The van der Waals surface area contributed by atoms with Gasteiger partial charge in [-0.2, -0.15) is 8.42 Å². The van der Waals surface area contributed by atoms with Crippen LogP contribution >= 0.6 is 0 Å². The zero-order valence-electron chi connectivity index (χ0n) is 11.0. The molecule has 0 heterocycles. The van der Waals surface area contributed by atoms with Crippen LogP contribution < -0.4 is 51.4 Å². The predicted molar refractivity (Wildman–Crippen MR) is 56.1 cm³/mol. The molecule has 6 heteroatoms. The second-order valence-corrected chi connectivity index (χ2v) is 6.85. The van der Waals surface area contributed by atoms with E-state index >= 15 is 0 Å². The summed E-state index contributed by atoms with van der Waals surface area (Å²) in [6, 6.07) is 0. The van der Waals surface area contributed by atoms with Gasteiger partial charge in [-0.3, -0.25) is 9.35 Å². The van der Waals surface area contributed by atoms with E-state index in [4.69, 9.17) is 4.55 Å². The number of carbonyl (C=O) groups is 1. The van der Waals surface area contributed by atoms with E-state index < -0.39 is 21.3 Å². The van der Waals surface area contributed by atoms with E-state index in [-0.39, 0.29) is 69.9 Å². The van der Waals surface area contributed by atoms with Gasteiger partial charge < -0.3 is 1.43 Å². The number of hydrogen-bond acceptors (Lipinski definition) is 3. The molecule has 2 aliphatic rings. The van der Waals surface area contributed by atoms with Gasteiger partial charge in [-0.25, -0.2) is 0 Å². The van der Waals surface area contributed by atoms with Crippen molar-refractivity contribution in [3.8, 4) is 0 Å². The van der Waals surface area contributed by atoms with Crippen LogP contribution in [0.15, 0.2) is 0 Å². The molecule has 4 nitrogen and oxygen atoms in total. The first-order valence-electron chi connectivity index (χ1n) is 5.17. The van der Waals surface area contributed by atoms with Crippen molar-refractivity contribution in [3.05, 3.63) is 0 Å². The second kappa shape index (κ2) is 4.40. The molecule has 2 saturated carbocycles. The summed E-state index contributed by atoms with van der Waals surface area (Å²) < 4.78 is 31.0. The number of carbonyl (C=O) groups excluding carboxylic acids is 1. The minimum atomic E-state index is -4.08. The second-order valence-electron chi connectivity index (χ2n) is 5.39. The minimum absolute atomic E-state index is 0. The van der Waals surface area contributed by atoms with Crippen LogP contribution in [0.2, 0.25) is 0 Å². The quantitative estimate of drug-likeness (QED) is 0.485. The molecule has 0 spiro atoms. The molecule has 88 valence electrons. The molecule has 0 aliphatic heterocycles. The number of fused-ring (bicyclic) bond motifs is 2. The first kappa shape index (κ1) is 15.3. The average Bonchev–Trinajstić information content (AvgIpc) is 2.34. The Kier molecular flexibility index (Phi) is 4.20. The van der Waals surface area contributed by atoms with E-state index in [1.807, 2.05) is 13.8 Å². The Morgan fingerprint density at radius 2 is 2.06 bits per heavy atom. The molecule has 0 aromatic heterocycles. The van der Waals surface area contributed by atoms with Gasteiger partial charge in [0, 0.05) is 6.42 Å². The fourth-order valence-electron chi connectivity index (χ4n) is 3.42. The summed E-state index contributed by atoms with van der Waals surface area (Å²) >= 11 is 0. The van der Waals surface area contributed by atoms with E-state index in [0.29, 0.717) is 12.8 Å².